The number of ether oxygens (including phenoxy) is 2. The van der Waals surface area contributed by atoms with E-state index in [1.807, 2.05) is 6.92 Å². The SMILES string of the molecule is CCOc1c(Br)cc(C(=O)Nc2ccn(CC(=O)O)n2)cc1OC. The third kappa shape index (κ3) is 4.25. The van der Waals surface area contributed by atoms with Crippen LogP contribution in [0.5, 0.6) is 11.5 Å². The summed E-state index contributed by atoms with van der Waals surface area (Å²) in [5, 5.41) is 15.3. The average Bonchev–Trinajstić information content (AvgIpc) is 2.95. The van der Waals surface area contributed by atoms with E-state index in [1.165, 1.54) is 24.1 Å². The zero-order valence-electron chi connectivity index (χ0n) is 13.1. The predicted molar refractivity (Wildman–Crippen MR) is 89.7 cm³/mol. The maximum absolute atomic E-state index is 12.3. The van der Waals surface area contributed by atoms with Crippen LogP contribution >= 0.6 is 15.9 Å². The van der Waals surface area contributed by atoms with E-state index in [0.29, 0.717) is 28.1 Å². The van der Waals surface area contributed by atoms with E-state index in [4.69, 9.17) is 14.6 Å². The van der Waals surface area contributed by atoms with E-state index in [0.717, 1.165) is 0 Å². The monoisotopic (exact) mass is 397 g/mol. The Labute approximate surface area is 146 Å². The molecule has 0 bridgehead atoms. The van der Waals surface area contributed by atoms with E-state index in [1.54, 1.807) is 12.1 Å². The lowest BCUT2D eigenvalue weighted by atomic mass is 10.2. The molecule has 2 N–H and O–H groups in total. The summed E-state index contributed by atoms with van der Waals surface area (Å²) < 4.78 is 12.5. The van der Waals surface area contributed by atoms with Gasteiger partial charge in [-0.05, 0) is 35.0 Å². The second-order valence-electron chi connectivity index (χ2n) is 4.67. The first-order valence-electron chi connectivity index (χ1n) is 7.01. The summed E-state index contributed by atoms with van der Waals surface area (Å²) in [6, 6.07) is 4.68. The number of hydrogen-bond donors (Lipinski definition) is 2. The third-order valence-corrected chi connectivity index (χ3v) is 3.55. The summed E-state index contributed by atoms with van der Waals surface area (Å²) in [4.78, 5) is 23.0. The van der Waals surface area contributed by atoms with Gasteiger partial charge >= 0.3 is 5.97 Å². The number of aliphatic carboxylic acids is 1. The van der Waals surface area contributed by atoms with Crippen LogP contribution in [-0.4, -0.2) is 40.5 Å². The Bertz CT molecular complexity index is 760. The number of benzene rings is 1. The van der Waals surface area contributed by atoms with Crippen LogP contribution in [0.15, 0.2) is 28.9 Å². The number of carbonyl (C=O) groups is 2. The zero-order valence-corrected chi connectivity index (χ0v) is 14.7. The molecule has 0 aliphatic carbocycles. The van der Waals surface area contributed by atoms with Crippen LogP contribution in [0.2, 0.25) is 0 Å². The number of carbonyl (C=O) groups excluding carboxylic acids is 1. The molecule has 0 unspecified atom stereocenters. The van der Waals surface area contributed by atoms with Gasteiger partial charge in [-0.1, -0.05) is 0 Å². The van der Waals surface area contributed by atoms with Crippen molar-refractivity contribution in [3.63, 3.8) is 0 Å². The Morgan fingerprint density at radius 1 is 1.42 bits per heavy atom. The van der Waals surface area contributed by atoms with Crippen molar-refractivity contribution in [3.05, 3.63) is 34.4 Å². The minimum Gasteiger partial charge on any atom is -0.493 e. The molecular formula is C15H16BrN3O5. The fourth-order valence-electron chi connectivity index (χ4n) is 1.98. The quantitative estimate of drug-likeness (QED) is 0.743. The normalized spacial score (nSPS) is 10.3. The highest BCUT2D eigenvalue weighted by Crippen LogP contribution is 2.36. The first kappa shape index (κ1) is 17.8. The van der Waals surface area contributed by atoms with Crippen LogP contribution in [0.4, 0.5) is 5.82 Å². The van der Waals surface area contributed by atoms with Gasteiger partial charge in [-0.15, -0.1) is 0 Å². The van der Waals surface area contributed by atoms with E-state index in [2.05, 4.69) is 26.3 Å². The van der Waals surface area contributed by atoms with Crippen molar-refractivity contribution >= 4 is 33.6 Å². The van der Waals surface area contributed by atoms with Crippen molar-refractivity contribution in [1.29, 1.82) is 0 Å². The molecule has 0 saturated heterocycles. The molecular weight excluding hydrogens is 382 g/mol. The number of halogens is 1. The summed E-state index contributed by atoms with van der Waals surface area (Å²) >= 11 is 3.35. The Balaban J connectivity index is 2.19. The molecule has 1 amide bonds. The number of nitrogens with zero attached hydrogens (tertiary/aromatic N) is 2. The highest BCUT2D eigenvalue weighted by molar-refractivity contribution is 9.10. The molecule has 0 fully saturated rings. The molecule has 0 radical (unpaired) electrons. The minimum absolute atomic E-state index is 0.255. The minimum atomic E-state index is -1.02. The predicted octanol–water partition coefficient (Wildman–Crippen LogP) is 2.39. The molecule has 0 aliphatic rings. The van der Waals surface area contributed by atoms with Gasteiger partial charge in [0.2, 0.25) is 0 Å². The van der Waals surface area contributed by atoms with Crippen LogP contribution in [0, 0.1) is 0 Å². The fraction of sp³-hybridized carbons (Fsp3) is 0.267. The van der Waals surface area contributed by atoms with Crippen LogP contribution in [-0.2, 0) is 11.3 Å². The number of amides is 1. The van der Waals surface area contributed by atoms with Crippen molar-refractivity contribution < 1.29 is 24.2 Å². The molecule has 2 aromatic rings. The van der Waals surface area contributed by atoms with Crippen molar-refractivity contribution in [3.8, 4) is 11.5 Å². The number of aromatic nitrogens is 2. The van der Waals surface area contributed by atoms with Gasteiger partial charge in [0, 0.05) is 17.8 Å². The molecule has 128 valence electrons. The third-order valence-electron chi connectivity index (χ3n) is 2.96. The maximum atomic E-state index is 12.3. The number of methoxy groups -OCH3 is 1. The van der Waals surface area contributed by atoms with Gasteiger partial charge in [-0.25, -0.2) is 0 Å². The highest BCUT2D eigenvalue weighted by Gasteiger charge is 2.16. The van der Waals surface area contributed by atoms with Gasteiger partial charge in [0.15, 0.2) is 17.3 Å². The van der Waals surface area contributed by atoms with Crippen LogP contribution in [0.3, 0.4) is 0 Å². The van der Waals surface area contributed by atoms with Crippen LogP contribution in [0.1, 0.15) is 17.3 Å². The van der Waals surface area contributed by atoms with Crippen molar-refractivity contribution in [1.82, 2.24) is 9.78 Å². The van der Waals surface area contributed by atoms with Crippen molar-refractivity contribution in [2.45, 2.75) is 13.5 Å². The summed E-state index contributed by atoms with van der Waals surface area (Å²) in [5.41, 5.74) is 0.343. The molecule has 0 aliphatic heterocycles. The van der Waals surface area contributed by atoms with Gasteiger partial charge in [0.05, 0.1) is 18.2 Å². The second kappa shape index (κ2) is 7.82. The summed E-state index contributed by atoms with van der Waals surface area (Å²) in [5.74, 6) is -0.228. The Morgan fingerprint density at radius 3 is 2.79 bits per heavy atom. The molecule has 9 heteroatoms. The Morgan fingerprint density at radius 2 is 2.17 bits per heavy atom. The average molecular weight is 398 g/mol. The zero-order chi connectivity index (χ0) is 17.7. The molecule has 0 spiro atoms. The van der Waals surface area contributed by atoms with E-state index in [9.17, 15) is 9.59 Å². The molecule has 0 atom stereocenters. The largest absolute Gasteiger partial charge is 0.493 e. The molecule has 0 saturated carbocycles. The number of carboxylic acids is 1. The summed E-state index contributed by atoms with van der Waals surface area (Å²) in [7, 11) is 1.49. The van der Waals surface area contributed by atoms with Gasteiger partial charge in [0.25, 0.3) is 5.91 Å². The van der Waals surface area contributed by atoms with E-state index in [-0.39, 0.29) is 12.4 Å². The maximum Gasteiger partial charge on any atom is 0.325 e. The number of nitrogens with one attached hydrogen (secondary N) is 1. The lowest BCUT2D eigenvalue weighted by molar-refractivity contribution is -0.137. The molecule has 2 rings (SSSR count). The fourth-order valence-corrected chi connectivity index (χ4v) is 2.54. The molecule has 8 nitrogen and oxygen atoms in total. The first-order valence-corrected chi connectivity index (χ1v) is 7.80. The number of rotatable bonds is 7. The number of hydrogen-bond acceptors (Lipinski definition) is 5. The highest BCUT2D eigenvalue weighted by atomic mass is 79.9. The first-order chi connectivity index (χ1) is 11.4. The topological polar surface area (TPSA) is 103 Å². The van der Waals surface area contributed by atoms with E-state index < -0.39 is 11.9 Å². The lowest BCUT2D eigenvalue weighted by Gasteiger charge is -2.13. The van der Waals surface area contributed by atoms with E-state index >= 15 is 0 Å². The van der Waals surface area contributed by atoms with Crippen molar-refractivity contribution in [2.75, 3.05) is 19.0 Å². The van der Waals surface area contributed by atoms with Gasteiger partial charge < -0.3 is 19.9 Å². The van der Waals surface area contributed by atoms with Crippen LogP contribution < -0.4 is 14.8 Å². The standard InChI is InChI=1S/C15H16BrN3O5/c1-3-24-14-10(16)6-9(7-11(14)23-2)15(22)17-12-4-5-19(18-12)8-13(20)21/h4-7H,3,8H2,1-2H3,(H,20,21)(H,17,18,22). The number of anilines is 1. The van der Waals surface area contributed by atoms with Gasteiger partial charge in [-0.3, -0.25) is 14.3 Å². The van der Waals surface area contributed by atoms with Crippen molar-refractivity contribution in [2.24, 2.45) is 0 Å². The molecule has 1 aromatic heterocycles. The second-order valence-corrected chi connectivity index (χ2v) is 5.52. The lowest BCUT2D eigenvalue weighted by Crippen LogP contribution is -2.14. The summed E-state index contributed by atoms with van der Waals surface area (Å²) in [6.45, 7) is 2.03. The van der Waals surface area contributed by atoms with Gasteiger partial charge in [0.1, 0.15) is 6.54 Å². The molecule has 24 heavy (non-hydrogen) atoms. The molecule has 1 heterocycles. The Hall–Kier alpha value is -2.55. The molecule has 1 aromatic carbocycles. The van der Waals surface area contributed by atoms with Crippen LogP contribution in [0.25, 0.3) is 0 Å². The number of carboxylic acid groups (broad SMARTS) is 1. The van der Waals surface area contributed by atoms with Gasteiger partial charge in [-0.2, -0.15) is 5.10 Å². The smallest absolute Gasteiger partial charge is 0.325 e. The summed E-state index contributed by atoms with van der Waals surface area (Å²) in [6.07, 6.45) is 1.47. The Kier molecular flexibility index (Phi) is 5.80.